The zero-order valence-electron chi connectivity index (χ0n) is 11.9. The normalized spacial score (nSPS) is 10.3. The first kappa shape index (κ1) is 14.0. The van der Waals surface area contributed by atoms with E-state index in [1.807, 2.05) is 25.1 Å². The molecule has 0 aliphatic carbocycles. The Morgan fingerprint density at radius 2 is 1.85 bits per heavy atom. The molecular formula is C15H19N3O2. The summed E-state index contributed by atoms with van der Waals surface area (Å²) in [5, 5.41) is 0. The molecule has 5 nitrogen and oxygen atoms in total. The molecule has 0 saturated carbocycles. The number of ether oxygens (including phenoxy) is 2. The third-order valence-electron chi connectivity index (χ3n) is 3.15. The molecule has 0 unspecified atom stereocenters. The molecule has 0 aliphatic heterocycles. The number of methoxy groups -OCH3 is 2. The van der Waals surface area contributed by atoms with Gasteiger partial charge in [0.2, 0.25) is 0 Å². The summed E-state index contributed by atoms with van der Waals surface area (Å²) < 4.78 is 10.6. The molecule has 4 N–H and O–H groups in total. The smallest absolute Gasteiger partial charge is 0.126 e. The molecule has 0 bridgehead atoms. The third kappa shape index (κ3) is 2.77. The molecule has 0 atom stereocenters. The standard InChI is InChI=1S/C15H19N3O2/c1-9-6-12(16)15(17)13(18-9)7-10-4-5-11(19-2)8-14(10)20-3/h4-6,8H,7,17H2,1-3H3,(H2,16,18). The van der Waals surface area contributed by atoms with E-state index in [9.17, 15) is 0 Å². The average molecular weight is 273 g/mol. The molecule has 0 fully saturated rings. The maximum atomic E-state index is 5.99. The molecule has 2 rings (SSSR count). The summed E-state index contributed by atoms with van der Waals surface area (Å²) in [6.45, 7) is 1.89. The number of nitrogens with two attached hydrogens (primary N) is 2. The molecular weight excluding hydrogens is 254 g/mol. The molecule has 0 amide bonds. The molecule has 5 heteroatoms. The van der Waals surface area contributed by atoms with Crippen molar-refractivity contribution in [2.75, 3.05) is 25.7 Å². The molecule has 1 aromatic carbocycles. The van der Waals surface area contributed by atoms with Crippen LogP contribution in [0.1, 0.15) is 17.0 Å². The maximum absolute atomic E-state index is 5.99. The van der Waals surface area contributed by atoms with Gasteiger partial charge in [0, 0.05) is 23.7 Å². The van der Waals surface area contributed by atoms with Crippen LogP contribution in [0.5, 0.6) is 11.5 Å². The fourth-order valence-electron chi connectivity index (χ4n) is 2.09. The fraction of sp³-hybridized carbons (Fsp3) is 0.267. The minimum absolute atomic E-state index is 0.522. The summed E-state index contributed by atoms with van der Waals surface area (Å²) in [5.74, 6) is 1.49. The van der Waals surface area contributed by atoms with Gasteiger partial charge in [0.1, 0.15) is 11.5 Å². The lowest BCUT2D eigenvalue weighted by Gasteiger charge is -2.12. The van der Waals surface area contributed by atoms with Crippen LogP contribution < -0.4 is 20.9 Å². The van der Waals surface area contributed by atoms with Gasteiger partial charge in [-0.15, -0.1) is 0 Å². The summed E-state index contributed by atoms with van der Waals surface area (Å²) in [5.41, 5.74) is 15.5. The van der Waals surface area contributed by atoms with Gasteiger partial charge in [0.05, 0.1) is 31.3 Å². The number of pyridine rings is 1. The first-order valence-electron chi connectivity index (χ1n) is 6.27. The summed E-state index contributed by atoms with van der Waals surface area (Å²) >= 11 is 0. The lowest BCUT2D eigenvalue weighted by atomic mass is 10.1. The number of hydrogen-bond acceptors (Lipinski definition) is 5. The van der Waals surface area contributed by atoms with E-state index < -0.39 is 0 Å². The highest BCUT2D eigenvalue weighted by molar-refractivity contribution is 5.66. The first-order valence-corrected chi connectivity index (χ1v) is 6.27. The molecule has 1 aromatic heterocycles. The van der Waals surface area contributed by atoms with Gasteiger partial charge in [-0.25, -0.2) is 0 Å². The molecule has 0 aliphatic rings. The highest BCUT2D eigenvalue weighted by Crippen LogP contribution is 2.29. The molecule has 106 valence electrons. The number of nitrogen functional groups attached to an aromatic ring is 2. The number of rotatable bonds is 4. The van der Waals surface area contributed by atoms with Gasteiger partial charge in [-0.3, -0.25) is 4.98 Å². The fourth-order valence-corrected chi connectivity index (χ4v) is 2.09. The summed E-state index contributed by atoms with van der Waals surface area (Å²) in [6, 6.07) is 7.43. The van der Waals surface area contributed by atoms with Crippen LogP contribution in [-0.4, -0.2) is 19.2 Å². The number of aromatic nitrogens is 1. The van der Waals surface area contributed by atoms with Gasteiger partial charge in [-0.05, 0) is 19.1 Å². The lowest BCUT2D eigenvalue weighted by Crippen LogP contribution is -2.05. The van der Waals surface area contributed by atoms with Gasteiger partial charge >= 0.3 is 0 Å². The van der Waals surface area contributed by atoms with Gasteiger partial charge in [-0.1, -0.05) is 6.07 Å². The first-order chi connectivity index (χ1) is 9.55. The lowest BCUT2D eigenvalue weighted by molar-refractivity contribution is 0.391. The van der Waals surface area contributed by atoms with Crippen molar-refractivity contribution < 1.29 is 9.47 Å². The number of anilines is 2. The molecule has 0 radical (unpaired) electrons. The van der Waals surface area contributed by atoms with E-state index in [0.29, 0.717) is 17.8 Å². The van der Waals surface area contributed by atoms with E-state index in [0.717, 1.165) is 28.5 Å². The molecule has 1 heterocycles. The quantitative estimate of drug-likeness (QED) is 0.892. The second-order valence-electron chi connectivity index (χ2n) is 4.57. The minimum Gasteiger partial charge on any atom is -0.497 e. The van der Waals surface area contributed by atoms with Gasteiger partial charge in [-0.2, -0.15) is 0 Å². The Morgan fingerprint density at radius 1 is 1.10 bits per heavy atom. The van der Waals surface area contributed by atoms with Crippen LogP contribution in [0.3, 0.4) is 0 Å². The van der Waals surface area contributed by atoms with E-state index in [1.54, 1.807) is 20.3 Å². The van der Waals surface area contributed by atoms with Crippen molar-refractivity contribution >= 4 is 11.4 Å². The van der Waals surface area contributed by atoms with E-state index in [4.69, 9.17) is 20.9 Å². The SMILES string of the molecule is COc1ccc(Cc2nc(C)cc(N)c2N)c(OC)c1. The van der Waals surface area contributed by atoms with E-state index in [1.165, 1.54) is 0 Å². The Labute approximate surface area is 118 Å². The van der Waals surface area contributed by atoms with Gasteiger partial charge < -0.3 is 20.9 Å². The van der Waals surface area contributed by atoms with Crippen LogP contribution in [0.25, 0.3) is 0 Å². The minimum atomic E-state index is 0.522. The predicted octanol–water partition coefficient (Wildman–Crippen LogP) is 2.16. The highest BCUT2D eigenvalue weighted by Gasteiger charge is 2.11. The Bertz CT molecular complexity index is 627. The topological polar surface area (TPSA) is 83.4 Å². The van der Waals surface area contributed by atoms with Crippen LogP contribution >= 0.6 is 0 Å². The van der Waals surface area contributed by atoms with Gasteiger partial charge in [0.15, 0.2) is 0 Å². The zero-order valence-corrected chi connectivity index (χ0v) is 11.9. The van der Waals surface area contributed by atoms with Crippen molar-refractivity contribution in [3.05, 3.63) is 41.2 Å². The largest absolute Gasteiger partial charge is 0.497 e. The second-order valence-corrected chi connectivity index (χ2v) is 4.57. The molecule has 0 saturated heterocycles. The molecule has 20 heavy (non-hydrogen) atoms. The summed E-state index contributed by atoms with van der Waals surface area (Å²) in [6.07, 6.45) is 0.560. The molecule has 2 aromatic rings. The van der Waals surface area contributed by atoms with E-state index in [2.05, 4.69) is 4.98 Å². The Morgan fingerprint density at radius 3 is 2.50 bits per heavy atom. The Kier molecular flexibility index (Phi) is 3.98. The second kappa shape index (κ2) is 5.69. The Balaban J connectivity index is 2.39. The number of benzene rings is 1. The Hall–Kier alpha value is -2.43. The van der Waals surface area contributed by atoms with Crippen molar-refractivity contribution in [2.45, 2.75) is 13.3 Å². The van der Waals surface area contributed by atoms with E-state index in [-0.39, 0.29) is 0 Å². The zero-order chi connectivity index (χ0) is 14.7. The van der Waals surface area contributed by atoms with Crippen LogP contribution in [0, 0.1) is 6.92 Å². The number of nitrogens with zero attached hydrogens (tertiary/aromatic N) is 1. The van der Waals surface area contributed by atoms with Crippen LogP contribution in [-0.2, 0) is 6.42 Å². The van der Waals surface area contributed by atoms with Crippen LogP contribution in [0.4, 0.5) is 11.4 Å². The monoisotopic (exact) mass is 273 g/mol. The van der Waals surface area contributed by atoms with Crippen LogP contribution in [0.15, 0.2) is 24.3 Å². The highest BCUT2D eigenvalue weighted by atomic mass is 16.5. The van der Waals surface area contributed by atoms with E-state index >= 15 is 0 Å². The van der Waals surface area contributed by atoms with Crippen LogP contribution in [0.2, 0.25) is 0 Å². The number of hydrogen-bond donors (Lipinski definition) is 2. The third-order valence-corrected chi connectivity index (χ3v) is 3.15. The maximum Gasteiger partial charge on any atom is 0.126 e. The predicted molar refractivity (Wildman–Crippen MR) is 80.2 cm³/mol. The molecule has 0 spiro atoms. The van der Waals surface area contributed by atoms with Crippen molar-refractivity contribution in [1.29, 1.82) is 0 Å². The van der Waals surface area contributed by atoms with Crippen molar-refractivity contribution in [1.82, 2.24) is 4.98 Å². The average Bonchev–Trinajstić information content (AvgIpc) is 2.44. The number of aryl methyl sites for hydroxylation is 1. The van der Waals surface area contributed by atoms with Crippen molar-refractivity contribution in [3.63, 3.8) is 0 Å². The van der Waals surface area contributed by atoms with Crippen molar-refractivity contribution in [2.24, 2.45) is 0 Å². The summed E-state index contributed by atoms with van der Waals surface area (Å²) in [4.78, 5) is 4.46. The van der Waals surface area contributed by atoms with Gasteiger partial charge in [0.25, 0.3) is 0 Å². The van der Waals surface area contributed by atoms with Crippen molar-refractivity contribution in [3.8, 4) is 11.5 Å². The summed E-state index contributed by atoms with van der Waals surface area (Å²) in [7, 11) is 3.24.